The van der Waals surface area contributed by atoms with Crippen LogP contribution in [0.25, 0.3) is 0 Å². The summed E-state index contributed by atoms with van der Waals surface area (Å²) in [6.45, 7) is 17.4. The van der Waals surface area contributed by atoms with Gasteiger partial charge in [-0.05, 0) is 58.8 Å². The maximum absolute atomic E-state index is 12.2. The van der Waals surface area contributed by atoms with Gasteiger partial charge in [0.1, 0.15) is 5.78 Å². The van der Waals surface area contributed by atoms with E-state index in [0.717, 1.165) is 25.7 Å². The first-order chi connectivity index (χ1) is 21.5. The van der Waals surface area contributed by atoms with Crippen molar-refractivity contribution in [2.24, 2.45) is 0 Å². The summed E-state index contributed by atoms with van der Waals surface area (Å²) in [7, 11) is 2.26. The van der Waals surface area contributed by atoms with Gasteiger partial charge in [0.15, 0.2) is 0 Å². The standard InChI is InChI=1S/C32H66N2O.C9H20/c1-5-8-10-12-14-15-16-17-18-21-25-32(35)26-22-20-24-29-34(31-30-33(4)27-7-3)28-23-19-13-11-9-6-2;1-3-5-7-9-8-6-4-2/h5-31H2,1-4H3;3-9H2,1-2H3. The first kappa shape index (κ1) is 45.7. The summed E-state index contributed by atoms with van der Waals surface area (Å²) in [6.07, 6.45) is 38.1. The van der Waals surface area contributed by atoms with Gasteiger partial charge in [-0.2, -0.15) is 0 Å². The summed E-state index contributed by atoms with van der Waals surface area (Å²) >= 11 is 0. The fourth-order valence-electron chi connectivity index (χ4n) is 6.06. The number of unbranched alkanes of at least 4 members (excludes halogenated alkanes) is 22. The van der Waals surface area contributed by atoms with Crippen molar-refractivity contribution in [3.8, 4) is 0 Å². The molecular weight excluding hydrogens is 536 g/mol. The van der Waals surface area contributed by atoms with E-state index in [1.807, 2.05) is 0 Å². The zero-order chi connectivity index (χ0) is 32.8. The van der Waals surface area contributed by atoms with Crippen molar-refractivity contribution in [2.75, 3.05) is 39.8 Å². The third-order valence-corrected chi connectivity index (χ3v) is 9.18. The predicted octanol–water partition coefficient (Wildman–Crippen LogP) is 13.2. The van der Waals surface area contributed by atoms with E-state index in [-0.39, 0.29) is 0 Å². The molecule has 0 spiro atoms. The van der Waals surface area contributed by atoms with E-state index in [4.69, 9.17) is 0 Å². The lowest BCUT2D eigenvalue weighted by atomic mass is 10.0. The Labute approximate surface area is 280 Å². The number of hydrogen-bond donors (Lipinski definition) is 0. The van der Waals surface area contributed by atoms with Crippen molar-refractivity contribution in [2.45, 2.75) is 221 Å². The fraction of sp³-hybridized carbons (Fsp3) is 0.976. The lowest BCUT2D eigenvalue weighted by molar-refractivity contribution is -0.119. The summed E-state index contributed by atoms with van der Waals surface area (Å²) in [5.74, 6) is 0.509. The van der Waals surface area contributed by atoms with E-state index in [0.29, 0.717) is 5.78 Å². The Balaban J connectivity index is 0. The average Bonchev–Trinajstić information content (AvgIpc) is 3.02. The highest BCUT2D eigenvalue weighted by molar-refractivity contribution is 5.78. The molecule has 0 aromatic rings. The molecule has 0 aromatic heterocycles. The van der Waals surface area contributed by atoms with Crippen LogP contribution in [0.4, 0.5) is 0 Å². The number of Topliss-reactive ketones (excluding diaryl/α,β-unsaturated/α-hetero) is 1. The van der Waals surface area contributed by atoms with Crippen LogP contribution in [0.2, 0.25) is 0 Å². The molecule has 0 radical (unpaired) electrons. The van der Waals surface area contributed by atoms with E-state index in [9.17, 15) is 4.79 Å². The van der Waals surface area contributed by atoms with E-state index in [1.54, 1.807) is 0 Å². The van der Waals surface area contributed by atoms with E-state index in [2.05, 4.69) is 51.5 Å². The fourth-order valence-corrected chi connectivity index (χ4v) is 6.06. The van der Waals surface area contributed by atoms with Crippen molar-refractivity contribution in [1.29, 1.82) is 0 Å². The SMILES string of the molecule is CCCCCCCCC.CCCCCCCCCCCCC(=O)CCCCCN(CCCCCCCC)CCN(C)CCC. The van der Waals surface area contributed by atoms with Crippen molar-refractivity contribution in [3.05, 3.63) is 0 Å². The zero-order valence-electron chi connectivity index (χ0n) is 31.8. The molecule has 266 valence electrons. The van der Waals surface area contributed by atoms with E-state index < -0.39 is 0 Å². The van der Waals surface area contributed by atoms with E-state index in [1.165, 1.54) is 193 Å². The van der Waals surface area contributed by atoms with Crippen molar-refractivity contribution >= 4 is 5.78 Å². The van der Waals surface area contributed by atoms with Gasteiger partial charge >= 0.3 is 0 Å². The summed E-state index contributed by atoms with van der Waals surface area (Å²) in [6, 6.07) is 0. The van der Waals surface area contributed by atoms with E-state index >= 15 is 0 Å². The quantitative estimate of drug-likeness (QED) is 0.0657. The third-order valence-electron chi connectivity index (χ3n) is 9.18. The molecule has 0 rings (SSSR count). The summed E-state index contributed by atoms with van der Waals surface area (Å²) in [4.78, 5) is 17.4. The second-order valence-electron chi connectivity index (χ2n) is 14.0. The Hall–Kier alpha value is -0.410. The molecular formula is C41H86N2O. The number of carbonyl (C=O) groups is 1. The highest BCUT2D eigenvalue weighted by atomic mass is 16.1. The minimum Gasteiger partial charge on any atom is -0.305 e. The first-order valence-corrected chi connectivity index (χ1v) is 20.5. The summed E-state index contributed by atoms with van der Waals surface area (Å²) in [5.41, 5.74) is 0. The molecule has 0 saturated carbocycles. The lowest BCUT2D eigenvalue weighted by Crippen LogP contribution is -2.35. The molecule has 0 aromatic carbocycles. The molecule has 0 unspecified atom stereocenters. The predicted molar refractivity (Wildman–Crippen MR) is 201 cm³/mol. The van der Waals surface area contributed by atoms with Gasteiger partial charge in [-0.25, -0.2) is 0 Å². The van der Waals surface area contributed by atoms with Crippen LogP contribution in [0.3, 0.4) is 0 Å². The normalized spacial score (nSPS) is 11.4. The maximum atomic E-state index is 12.2. The summed E-state index contributed by atoms with van der Waals surface area (Å²) < 4.78 is 0. The van der Waals surface area contributed by atoms with Crippen LogP contribution < -0.4 is 0 Å². The lowest BCUT2D eigenvalue weighted by Gasteiger charge is -2.25. The Morgan fingerprint density at radius 3 is 1.02 bits per heavy atom. The van der Waals surface area contributed by atoms with Gasteiger partial charge in [0.05, 0.1) is 0 Å². The molecule has 0 amide bonds. The van der Waals surface area contributed by atoms with Gasteiger partial charge in [0.2, 0.25) is 0 Å². The topological polar surface area (TPSA) is 23.6 Å². The number of nitrogens with zero attached hydrogens (tertiary/aromatic N) is 2. The van der Waals surface area contributed by atoms with Crippen molar-refractivity contribution in [1.82, 2.24) is 9.80 Å². The minimum absolute atomic E-state index is 0.509. The highest BCUT2D eigenvalue weighted by Crippen LogP contribution is 2.13. The zero-order valence-corrected chi connectivity index (χ0v) is 31.8. The van der Waals surface area contributed by atoms with Crippen LogP contribution >= 0.6 is 0 Å². The van der Waals surface area contributed by atoms with Gasteiger partial charge in [-0.15, -0.1) is 0 Å². The Kier molecular flexibility index (Phi) is 42.2. The third kappa shape index (κ3) is 39.6. The van der Waals surface area contributed by atoms with Gasteiger partial charge in [0, 0.05) is 25.9 Å². The minimum atomic E-state index is 0.509. The van der Waals surface area contributed by atoms with Crippen LogP contribution in [0, 0.1) is 0 Å². The number of likely N-dealkylation sites (N-methyl/N-ethyl adjacent to an activating group) is 1. The van der Waals surface area contributed by atoms with Crippen LogP contribution in [0.5, 0.6) is 0 Å². The number of rotatable bonds is 35. The Morgan fingerprint density at radius 1 is 0.341 bits per heavy atom. The molecule has 0 fully saturated rings. The smallest absolute Gasteiger partial charge is 0.132 e. The molecule has 0 aliphatic carbocycles. The second kappa shape index (κ2) is 40.6. The number of hydrogen-bond acceptors (Lipinski definition) is 3. The molecule has 0 aliphatic rings. The van der Waals surface area contributed by atoms with Crippen molar-refractivity contribution in [3.63, 3.8) is 0 Å². The van der Waals surface area contributed by atoms with Gasteiger partial charge in [-0.3, -0.25) is 4.79 Å². The molecule has 0 heterocycles. The Bertz CT molecular complexity index is 517. The molecule has 0 bridgehead atoms. The molecule has 0 saturated heterocycles. The highest BCUT2D eigenvalue weighted by Gasteiger charge is 2.08. The number of carbonyl (C=O) groups excluding carboxylic acids is 1. The molecule has 3 heteroatoms. The average molecular weight is 623 g/mol. The molecule has 44 heavy (non-hydrogen) atoms. The van der Waals surface area contributed by atoms with Crippen molar-refractivity contribution < 1.29 is 4.79 Å². The molecule has 0 aliphatic heterocycles. The largest absolute Gasteiger partial charge is 0.305 e. The van der Waals surface area contributed by atoms with Gasteiger partial charge in [-0.1, -0.05) is 176 Å². The van der Waals surface area contributed by atoms with Crippen LogP contribution in [0.1, 0.15) is 221 Å². The first-order valence-electron chi connectivity index (χ1n) is 20.5. The molecule has 3 nitrogen and oxygen atoms in total. The Morgan fingerprint density at radius 2 is 0.659 bits per heavy atom. The van der Waals surface area contributed by atoms with Gasteiger partial charge in [0.25, 0.3) is 0 Å². The van der Waals surface area contributed by atoms with Gasteiger partial charge < -0.3 is 9.80 Å². The molecule has 0 atom stereocenters. The van der Waals surface area contributed by atoms with Crippen LogP contribution in [-0.4, -0.2) is 55.4 Å². The molecule has 0 N–H and O–H groups in total. The second-order valence-corrected chi connectivity index (χ2v) is 14.0. The monoisotopic (exact) mass is 623 g/mol. The summed E-state index contributed by atoms with van der Waals surface area (Å²) in [5, 5.41) is 0. The maximum Gasteiger partial charge on any atom is 0.132 e. The van der Waals surface area contributed by atoms with Crippen LogP contribution in [0.15, 0.2) is 0 Å². The van der Waals surface area contributed by atoms with Crippen LogP contribution in [-0.2, 0) is 4.79 Å². The number of ketones is 1.